The summed E-state index contributed by atoms with van der Waals surface area (Å²) >= 11 is 3.51. The van der Waals surface area contributed by atoms with Crippen molar-refractivity contribution in [2.75, 3.05) is 31.1 Å². The Bertz CT molecular complexity index is 727. The van der Waals surface area contributed by atoms with Crippen LogP contribution in [0.25, 0.3) is 0 Å². The number of hydrogen-bond donors (Lipinski definition) is 1. The minimum Gasteiger partial charge on any atom is -0.353 e. The van der Waals surface area contributed by atoms with Gasteiger partial charge in [0.25, 0.3) is 0 Å². The van der Waals surface area contributed by atoms with Gasteiger partial charge in [-0.15, -0.1) is 0 Å². The predicted octanol–water partition coefficient (Wildman–Crippen LogP) is 3.96. The molecule has 1 N–H and O–H groups in total. The fourth-order valence-corrected chi connectivity index (χ4v) is 5.63. The first-order chi connectivity index (χ1) is 14.1. The van der Waals surface area contributed by atoms with Crippen molar-refractivity contribution in [3.63, 3.8) is 0 Å². The van der Waals surface area contributed by atoms with Gasteiger partial charge in [-0.25, -0.2) is 0 Å². The van der Waals surface area contributed by atoms with Crippen LogP contribution in [-0.2, 0) is 9.59 Å². The molecule has 0 radical (unpaired) electrons. The third-order valence-corrected chi connectivity index (χ3v) is 7.51. The molecule has 5 nitrogen and oxygen atoms in total. The van der Waals surface area contributed by atoms with Gasteiger partial charge < -0.3 is 15.1 Å². The molecular weight excluding hydrogens is 430 g/mol. The van der Waals surface area contributed by atoms with Crippen LogP contribution in [0.1, 0.15) is 51.4 Å². The number of anilines is 1. The minimum absolute atomic E-state index is 0.0795. The first-order valence-corrected chi connectivity index (χ1v) is 12.0. The summed E-state index contributed by atoms with van der Waals surface area (Å²) in [4.78, 5) is 30.0. The molecule has 2 heterocycles. The zero-order chi connectivity index (χ0) is 20.2. The second-order valence-electron chi connectivity index (χ2n) is 8.87. The van der Waals surface area contributed by atoms with E-state index >= 15 is 0 Å². The highest BCUT2D eigenvalue weighted by Crippen LogP contribution is 2.31. The van der Waals surface area contributed by atoms with Gasteiger partial charge in [-0.1, -0.05) is 31.4 Å². The van der Waals surface area contributed by atoms with Crippen molar-refractivity contribution >= 4 is 33.4 Å². The van der Waals surface area contributed by atoms with E-state index in [1.165, 1.54) is 38.6 Å². The van der Waals surface area contributed by atoms with Crippen LogP contribution in [0.5, 0.6) is 0 Å². The molecule has 1 atom stereocenters. The van der Waals surface area contributed by atoms with Crippen LogP contribution in [0.4, 0.5) is 5.69 Å². The van der Waals surface area contributed by atoms with E-state index in [-0.39, 0.29) is 17.9 Å². The van der Waals surface area contributed by atoms with Crippen molar-refractivity contribution < 1.29 is 9.59 Å². The van der Waals surface area contributed by atoms with E-state index in [2.05, 4.69) is 26.1 Å². The van der Waals surface area contributed by atoms with Gasteiger partial charge in [-0.3, -0.25) is 9.59 Å². The Morgan fingerprint density at radius 1 is 1.00 bits per heavy atom. The number of benzene rings is 1. The Morgan fingerprint density at radius 3 is 2.45 bits per heavy atom. The maximum atomic E-state index is 12.9. The number of halogens is 1. The summed E-state index contributed by atoms with van der Waals surface area (Å²) in [7, 11) is 0. The lowest BCUT2D eigenvalue weighted by Crippen LogP contribution is -2.48. The Kier molecular flexibility index (Phi) is 6.91. The highest BCUT2D eigenvalue weighted by molar-refractivity contribution is 9.10. The Hall–Kier alpha value is -1.40. The Labute approximate surface area is 182 Å². The number of likely N-dealkylation sites (tertiary alicyclic amines) is 1. The topological polar surface area (TPSA) is 52.7 Å². The Balaban J connectivity index is 1.25. The van der Waals surface area contributed by atoms with Crippen LogP contribution >= 0.6 is 15.9 Å². The lowest BCUT2D eigenvalue weighted by Gasteiger charge is -2.35. The number of para-hydroxylation sites is 1. The van der Waals surface area contributed by atoms with Gasteiger partial charge in [0, 0.05) is 36.7 Å². The lowest BCUT2D eigenvalue weighted by molar-refractivity contribution is -0.132. The molecule has 1 unspecified atom stereocenters. The molecule has 0 bridgehead atoms. The van der Waals surface area contributed by atoms with E-state index in [9.17, 15) is 9.59 Å². The largest absolute Gasteiger partial charge is 0.353 e. The van der Waals surface area contributed by atoms with Crippen molar-refractivity contribution in [2.24, 2.45) is 11.8 Å². The molecular formula is C23H32BrN3O2. The van der Waals surface area contributed by atoms with E-state index in [0.29, 0.717) is 13.0 Å². The number of carbonyl (C=O) groups is 2. The number of carbonyl (C=O) groups excluding carboxylic acids is 2. The normalized spacial score (nSPS) is 24.8. The Morgan fingerprint density at radius 2 is 1.72 bits per heavy atom. The fourth-order valence-electron chi connectivity index (χ4n) is 5.13. The molecule has 2 amide bonds. The SMILES string of the molecule is O=C(NC1CCN(CC2CCCCC2)CC1)C1CCN(c2ccccc2Br)C1=O. The number of nitrogens with zero attached hydrogens (tertiary/aromatic N) is 2. The third-order valence-electron chi connectivity index (χ3n) is 6.84. The maximum absolute atomic E-state index is 12.9. The lowest BCUT2D eigenvalue weighted by atomic mass is 9.88. The second-order valence-corrected chi connectivity index (χ2v) is 9.72. The molecule has 4 rings (SSSR count). The molecule has 1 aliphatic carbocycles. The predicted molar refractivity (Wildman–Crippen MR) is 119 cm³/mol. The van der Waals surface area contributed by atoms with Crippen LogP contribution in [-0.4, -0.2) is 48.9 Å². The number of amides is 2. The van der Waals surface area contributed by atoms with Crippen molar-refractivity contribution in [2.45, 2.75) is 57.4 Å². The number of nitrogens with one attached hydrogen (secondary N) is 1. The molecule has 1 aromatic carbocycles. The summed E-state index contributed by atoms with van der Waals surface area (Å²) in [6.07, 6.45) is 9.53. The number of piperidine rings is 1. The van der Waals surface area contributed by atoms with Crippen molar-refractivity contribution in [3.8, 4) is 0 Å². The fraction of sp³-hybridized carbons (Fsp3) is 0.652. The van der Waals surface area contributed by atoms with Crippen LogP contribution < -0.4 is 10.2 Å². The van der Waals surface area contributed by atoms with Crippen LogP contribution in [0.2, 0.25) is 0 Å². The standard InChI is InChI=1S/C23H32BrN3O2/c24-20-8-4-5-9-21(20)27-15-12-19(23(27)29)22(28)25-18-10-13-26(14-11-18)16-17-6-2-1-3-7-17/h4-5,8-9,17-19H,1-3,6-7,10-16H2,(H,25,28). The zero-order valence-corrected chi connectivity index (χ0v) is 18.7. The van der Waals surface area contributed by atoms with Gasteiger partial charge in [0.15, 0.2) is 0 Å². The van der Waals surface area contributed by atoms with E-state index in [0.717, 1.165) is 42.0 Å². The van der Waals surface area contributed by atoms with E-state index in [4.69, 9.17) is 0 Å². The number of hydrogen-bond acceptors (Lipinski definition) is 3. The molecule has 1 saturated carbocycles. The summed E-state index contributed by atoms with van der Waals surface area (Å²) in [5.41, 5.74) is 0.851. The molecule has 6 heteroatoms. The molecule has 2 aliphatic heterocycles. The average Bonchev–Trinajstić information content (AvgIpc) is 3.12. The molecule has 0 aromatic heterocycles. The molecule has 2 saturated heterocycles. The summed E-state index contributed by atoms with van der Waals surface area (Å²) < 4.78 is 0.889. The van der Waals surface area contributed by atoms with Gasteiger partial charge in [0.05, 0.1) is 5.69 Å². The first kappa shape index (κ1) is 20.9. The van der Waals surface area contributed by atoms with Gasteiger partial charge >= 0.3 is 0 Å². The second kappa shape index (κ2) is 9.61. The van der Waals surface area contributed by atoms with Gasteiger partial charge in [-0.05, 0) is 66.1 Å². The molecule has 0 spiro atoms. The zero-order valence-electron chi connectivity index (χ0n) is 17.1. The molecule has 1 aromatic rings. The van der Waals surface area contributed by atoms with E-state index in [1.807, 2.05) is 24.3 Å². The smallest absolute Gasteiger partial charge is 0.239 e. The van der Waals surface area contributed by atoms with E-state index < -0.39 is 5.92 Å². The number of rotatable bonds is 5. The summed E-state index contributed by atoms with van der Waals surface area (Å²) in [5.74, 6) is 0.149. The van der Waals surface area contributed by atoms with Crippen molar-refractivity contribution in [3.05, 3.63) is 28.7 Å². The van der Waals surface area contributed by atoms with Gasteiger partial charge in [0.1, 0.15) is 5.92 Å². The van der Waals surface area contributed by atoms with Gasteiger partial charge in [-0.2, -0.15) is 0 Å². The minimum atomic E-state index is -0.553. The maximum Gasteiger partial charge on any atom is 0.239 e. The quantitative estimate of drug-likeness (QED) is 0.674. The summed E-state index contributed by atoms with van der Waals surface area (Å²) in [5, 5.41) is 3.18. The van der Waals surface area contributed by atoms with Crippen LogP contribution in [0.15, 0.2) is 28.7 Å². The molecule has 158 valence electrons. The van der Waals surface area contributed by atoms with Crippen molar-refractivity contribution in [1.82, 2.24) is 10.2 Å². The highest BCUT2D eigenvalue weighted by Gasteiger charge is 2.39. The molecule has 3 aliphatic rings. The summed E-state index contributed by atoms with van der Waals surface area (Å²) in [6.45, 7) is 3.94. The van der Waals surface area contributed by atoms with Crippen LogP contribution in [0.3, 0.4) is 0 Å². The average molecular weight is 462 g/mol. The first-order valence-electron chi connectivity index (χ1n) is 11.2. The third kappa shape index (κ3) is 5.02. The van der Waals surface area contributed by atoms with Crippen LogP contribution in [0, 0.1) is 11.8 Å². The van der Waals surface area contributed by atoms with E-state index in [1.54, 1.807) is 4.90 Å². The van der Waals surface area contributed by atoms with Gasteiger partial charge in [0.2, 0.25) is 11.8 Å². The van der Waals surface area contributed by atoms with Crippen molar-refractivity contribution in [1.29, 1.82) is 0 Å². The monoisotopic (exact) mass is 461 g/mol. The molecule has 29 heavy (non-hydrogen) atoms. The highest BCUT2D eigenvalue weighted by atomic mass is 79.9. The molecule has 3 fully saturated rings. The summed E-state index contributed by atoms with van der Waals surface area (Å²) in [6, 6.07) is 7.90.